The second kappa shape index (κ2) is 7.59. The highest BCUT2D eigenvalue weighted by Gasteiger charge is 2.44. The number of piperidine rings is 2. The lowest BCUT2D eigenvalue weighted by molar-refractivity contribution is 0.131. The molecule has 2 aromatic carbocycles. The molecule has 0 saturated carbocycles. The van der Waals surface area contributed by atoms with Crippen molar-refractivity contribution in [3.63, 3.8) is 0 Å². The third kappa shape index (κ3) is 3.36. The van der Waals surface area contributed by atoms with E-state index in [0.29, 0.717) is 12.0 Å². The van der Waals surface area contributed by atoms with E-state index < -0.39 is 0 Å². The van der Waals surface area contributed by atoms with Crippen LogP contribution in [0.5, 0.6) is 5.75 Å². The number of methoxy groups -OCH3 is 1. The fraction of sp³-hybridized carbons (Fsp3) is 0.455. The Morgan fingerprint density at radius 1 is 1.12 bits per heavy atom. The first-order valence-corrected chi connectivity index (χ1v) is 9.96. The Bertz CT molecular complexity index is 741. The number of rotatable bonds is 3. The van der Waals surface area contributed by atoms with E-state index >= 15 is 0 Å². The van der Waals surface area contributed by atoms with Crippen LogP contribution >= 0.6 is 11.6 Å². The van der Waals surface area contributed by atoms with Gasteiger partial charge in [-0.1, -0.05) is 41.9 Å². The number of benzene rings is 2. The SMILES string of the molecule is COc1ccc(Cl)cc1[C@@H]1CC[C@]2(CCCNC2c2ccccc2)NC1. The van der Waals surface area contributed by atoms with Crippen LogP contribution in [-0.4, -0.2) is 25.7 Å². The molecule has 2 saturated heterocycles. The van der Waals surface area contributed by atoms with Gasteiger partial charge >= 0.3 is 0 Å². The highest BCUT2D eigenvalue weighted by Crippen LogP contribution is 2.43. The minimum absolute atomic E-state index is 0.141. The molecule has 3 atom stereocenters. The van der Waals surface area contributed by atoms with Gasteiger partial charge < -0.3 is 15.4 Å². The Morgan fingerprint density at radius 2 is 1.96 bits per heavy atom. The summed E-state index contributed by atoms with van der Waals surface area (Å²) in [6, 6.07) is 17.2. The van der Waals surface area contributed by atoms with Crippen molar-refractivity contribution < 1.29 is 4.74 Å². The predicted molar refractivity (Wildman–Crippen MR) is 107 cm³/mol. The van der Waals surface area contributed by atoms with E-state index in [0.717, 1.165) is 36.7 Å². The number of hydrogen-bond acceptors (Lipinski definition) is 3. The molecule has 4 heteroatoms. The fourth-order valence-corrected chi connectivity index (χ4v) is 4.95. The molecule has 138 valence electrons. The average Bonchev–Trinajstić information content (AvgIpc) is 2.70. The van der Waals surface area contributed by atoms with Gasteiger partial charge in [-0.3, -0.25) is 0 Å². The van der Waals surface area contributed by atoms with Crippen LogP contribution < -0.4 is 15.4 Å². The number of halogens is 1. The van der Waals surface area contributed by atoms with Crippen LogP contribution in [0.1, 0.15) is 48.8 Å². The van der Waals surface area contributed by atoms with E-state index in [1.54, 1.807) is 7.11 Å². The number of nitrogens with one attached hydrogen (secondary N) is 2. The zero-order valence-corrected chi connectivity index (χ0v) is 16.1. The summed E-state index contributed by atoms with van der Waals surface area (Å²) in [7, 11) is 1.74. The van der Waals surface area contributed by atoms with Crippen LogP contribution in [0.4, 0.5) is 0 Å². The predicted octanol–water partition coefficient (Wildman–Crippen LogP) is 4.68. The van der Waals surface area contributed by atoms with Gasteiger partial charge in [0.15, 0.2) is 0 Å². The van der Waals surface area contributed by atoms with E-state index in [1.807, 2.05) is 12.1 Å². The van der Waals surface area contributed by atoms with Crippen molar-refractivity contribution in [3.8, 4) is 5.75 Å². The molecule has 2 heterocycles. The van der Waals surface area contributed by atoms with Gasteiger partial charge in [0.2, 0.25) is 0 Å². The van der Waals surface area contributed by atoms with Gasteiger partial charge in [-0.2, -0.15) is 0 Å². The van der Waals surface area contributed by atoms with Crippen molar-refractivity contribution in [3.05, 3.63) is 64.7 Å². The zero-order chi connectivity index (χ0) is 18.0. The minimum Gasteiger partial charge on any atom is -0.496 e. The molecule has 2 aromatic rings. The van der Waals surface area contributed by atoms with Crippen molar-refractivity contribution in [2.75, 3.05) is 20.2 Å². The highest BCUT2D eigenvalue weighted by molar-refractivity contribution is 6.30. The normalized spacial score (nSPS) is 28.8. The summed E-state index contributed by atoms with van der Waals surface area (Å²) in [5, 5.41) is 8.50. The quantitative estimate of drug-likeness (QED) is 0.823. The number of ether oxygens (including phenoxy) is 1. The maximum atomic E-state index is 6.25. The van der Waals surface area contributed by atoms with Crippen molar-refractivity contribution in [1.82, 2.24) is 10.6 Å². The largest absolute Gasteiger partial charge is 0.496 e. The molecular formula is C22H27ClN2O. The third-order valence-corrected chi connectivity index (χ3v) is 6.34. The maximum Gasteiger partial charge on any atom is 0.122 e. The molecule has 0 aliphatic carbocycles. The minimum atomic E-state index is 0.141. The van der Waals surface area contributed by atoms with Gasteiger partial charge in [-0.05, 0) is 61.6 Å². The molecule has 26 heavy (non-hydrogen) atoms. The third-order valence-electron chi connectivity index (χ3n) is 6.10. The van der Waals surface area contributed by atoms with E-state index in [9.17, 15) is 0 Å². The number of hydrogen-bond donors (Lipinski definition) is 2. The van der Waals surface area contributed by atoms with Crippen LogP contribution in [-0.2, 0) is 0 Å². The summed E-state index contributed by atoms with van der Waals surface area (Å²) in [5.74, 6) is 1.38. The smallest absolute Gasteiger partial charge is 0.122 e. The van der Waals surface area contributed by atoms with Crippen molar-refractivity contribution in [1.29, 1.82) is 0 Å². The Morgan fingerprint density at radius 3 is 2.69 bits per heavy atom. The summed E-state index contributed by atoms with van der Waals surface area (Å²) in [6.07, 6.45) is 4.75. The van der Waals surface area contributed by atoms with Crippen LogP contribution in [0, 0.1) is 0 Å². The monoisotopic (exact) mass is 370 g/mol. The zero-order valence-electron chi connectivity index (χ0n) is 15.3. The lowest BCUT2D eigenvalue weighted by atomic mass is 9.71. The Kier molecular flexibility index (Phi) is 5.21. The summed E-state index contributed by atoms with van der Waals surface area (Å²) in [5.41, 5.74) is 2.75. The summed E-state index contributed by atoms with van der Waals surface area (Å²) in [6.45, 7) is 2.05. The second-order valence-corrected chi connectivity index (χ2v) is 8.00. The Labute approximate surface area is 161 Å². The molecule has 0 aromatic heterocycles. The van der Waals surface area contributed by atoms with E-state index in [4.69, 9.17) is 16.3 Å². The molecule has 2 aliphatic rings. The Hall–Kier alpha value is -1.55. The van der Waals surface area contributed by atoms with Crippen LogP contribution in [0.2, 0.25) is 5.02 Å². The lowest BCUT2D eigenvalue weighted by Crippen LogP contribution is -2.60. The highest BCUT2D eigenvalue weighted by atomic mass is 35.5. The molecule has 1 spiro atoms. The van der Waals surface area contributed by atoms with Crippen molar-refractivity contribution in [2.24, 2.45) is 0 Å². The molecule has 2 fully saturated rings. The van der Waals surface area contributed by atoms with Gasteiger partial charge in [0.1, 0.15) is 5.75 Å². The van der Waals surface area contributed by atoms with Gasteiger partial charge in [-0.25, -0.2) is 0 Å². The van der Waals surface area contributed by atoms with E-state index in [-0.39, 0.29) is 5.54 Å². The van der Waals surface area contributed by atoms with E-state index in [2.05, 4.69) is 47.0 Å². The van der Waals surface area contributed by atoms with Crippen LogP contribution in [0.25, 0.3) is 0 Å². The van der Waals surface area contributed by atoms with Crippen molar-refractivity contribution >= 4 is 11.6 Å². The van der Waals surface area contributed by atoms with Gasteiger partial charge in [0.25, 0.3) is 0 Å². The van der Waals surface area contributed by atoms with E-state index in [1.165, 1.54) is 24.0 Å². The lowest BCUT2D eigenvalue weighted by Gasteiger charge is -2.50. The first-order valence-electron chi connectivity index (χ1n) is 9.59. The molecule has 4 rings (SSSR count). The molecule has 3 nitrogen and oxygen atoms in total. The van der Waals surface area contributed by atoms with Crippen LogP contribution in [0.15, 0.2) is 48.5 Å². The summed E-state index contributed by atoms with van der Waals surface area (Å²) in [4.78, 5) is 0. The molecule has 1 unspecified atom stereocenters. The first-order chi connectivity index (χ1) is 12.7. The summed E-state index contributed by atoms with van der Waals surface area (Å²) >= 11 is 6.25. The van der Waals surface area contributed by atoms with Crippen molar-refractivity contribution in [2.45, 2.75) is 43.2 Å². The molecule has 2 N–H and O–H groups in total. The van der Waals surface area contributed by atoms with Gasteiger partial charge in [-0.15, -0.1) is 0 Å². The molecule has 0 radical (unpaired) electrons. The van der Waals surface area contributed by atoms with Crippen LogP contribution in [0.3, 0.4) is 0 Å². The maximum absolute atomic E-state index is 6.25. The van der Waals surface area contributed by atoms with Gasteiger partial charge in [0.05, 0.1) is 13.2 Å². The Balaban J connectivity index is 1.56. The molecular weight excluding hydrogens is 344 g/mol. The summed E-state index contributed by atoms with van der Waals surface area (Å²) < 4.78 is 5.58. The second-order valence-electron chi connectivity index (χ2n) is 7.56. The molecule has 0 bridgehead atoms. The van der Waals surface area contributed by atoms with Gasteiger partial charge in [0, 0.05) is 23.0 Å². The standard InChI is InChI=1S/C22H27ClN2O/c1-26-20-9-8-18(23)14-19(20)17-10-12-22(25-15-17)11-5-13-24-21(22)16-6-3-2-4-7-16/h2-4,6-9,14,17,21,24-25H,5,10-13,15H2,1H3/t17-,21?,22+/m1/s1. The molecule has 0 amide bonds. The molecule has 2 aliphatic heterocycles. The average molecular weight is 371 g/mol. The first kappa shape index (κ1) is 17.8. The fourth-order valence-electron chi connectivity index (χ4n) is 4.77. The topological polar surface area (TPSA) is 33.3 Å².